The first kappa shape index (κ1) is 22.8. The van der Waals surface area contributed by atoms with Gasteiger partial charge in [0.15, 0.2) is 11.8 Å². The Hall–Kier alpha value is -2.49. The third-order valence-corrected chi connectivity index (χ3v) is 4.20. The number of nitrogens with zero attached hydrogens (tertiary/aromatic N) is 4. The summed E-state index contributed by atoms with van der Waals surface area (Å²) in [5.41, 5.74) is 4.60. The van der Waals surface area contributed by atoms with Crippen LogP contribution in [0.25, 0.3) is 11.6 Å². The van der Waals surface area contributed by atoms with Gasteiger partial charge in [-0.3, -0.25) is 9.98 Å². The van der Waals surface area contributed by atoms with Crippen LogP contribution in [0.3, 0.4) is 0 Å². The number of hydrogen-bond donors (Lipinski definition) is 2. The molecule has 0 fully saturated rings. The average molecular weight is 506 g/mol. The molecule has 3 aromatic rings. The third-order valence-electron chi connectivity index (χ3n) is 4.20. The Morgan fingerprint density at radius 2 is 1.76 bits per heavy atom. The number of aromatic nitrogens is 3. The Balaban J connectivity index is 0.00000300. The predicted molar refractivity (Wildman–Crippen MR) is 126 cm³/mol. The van der Waals surface area contributed by atoms with Crippen LogP contribution in [0.1, 0.15) is 22.5 Å². The van der Waals surface area contributed by atoms with Crippen molar-refractivity contribution in [3.8, 4) is 11.6 Å². The van der Waals surface area contributed by atoms with Gasteiger partial charge in [0.25, 0.3) is 5.89 Å². The number of hydrogen-bond acceptors (Lipinski definition) is 5. The fraction of sp³-hybridized carbons (Fsp3) is 0.333. The van der Waals surface area contributed by atoms with E-state index in [1.54, 1.807) is 13.2 Å². The first-order valence-corrected chi connectivity index (χ1v) is 9.40. The molecule has 0 aliphatic heterocycles. The van der Waals surface area contributed by atoms with Crippen LogP contribution in [0.5, 0.6) is 0 Å². The van der Waals surface area contributed by atoms with Crippen molar-refractivity contribution in [3.05, 3.63) is 65.1 Å². The molecular weight excluding hydrogens is 479 g/mol. The molecule has 0 unspecified atom stereocenters. The highest BCUT2D eigenvalue weighted by atomic mass is 127. The largest absolute Gasteiger partial charge is 0.356 e. The van der Waals surface area contributed by atoms with Gasteiger partial charge in [-0.15, -0.1) is 24.0 Å². The monoisotopic (exact) mass is 506 g/mol. The number of aryl methyl sites for hydroxylation is 2. The summed E-state index contributed by atoms with van der Waals surface area (Å²) >= 11 is 0. The van der Waals surface area contributed by atoms with Crippen molar-refractivity contribution in [2.45, 2.75) is 26.7 Å². The van der Waals surface area contributed by atoms with Crippen molar-refractivity contribution in [2.24, 2.45) is 4.99 Å². The molecule has 0 spiro atoms. The SMILES string of the molecule is CN=C(NCCc1cc(C)cc(C)c1)NCCc1noc(-c2ccccn2)n1.I. The summed E-state index contributed by atoms with van der Waals surface area (Å²) in [6, 6.07) is 12.2. The van der Waals surface area contributed by atoms with Crippen molar-refractivity contribution in [2.75, 3.05) is 20.1 Å². The van der Waals surface area contributed by atoms with Crippen molar-refractivity contribution in [1.82, 2.24) is 25.8 Å². The number of rotatable bonds is 7. The fourth-order valence-corrected chi connectivity index (χ4v) is 3.00. The molecule has 0 saturated heterocycles. The summed E-state index contributed by atoms with van der Waals surface area (Å²) in [5.74, 6) is 1.84. The Bertz CT molecular complexity index is 906. The zero-order valence-corrected chi connectivity index (χ0v) is 19.3. The number of guanidine groups is 1. The molecule has 0 aliphatic rings. The highest BCUT2D eigenvalue weighted by Crippen LogP contribution is 2.13. The van der Waals surface area contributed by atoms with E-state index in [1.165, 1.54) is 16.7 Å². The number of nitrogens with one attached hydrogen (secondary N) is 2. The van der Waals surface area contributed by atoms with Crippen molar-refractivity contribution in [3.63, 3.8) is 0 Å². The molecule has 0 radical (unpaired) electrons. The maximum atomic E-state index is 5.27. The summed E-state index contributed by atoms with van der Waals surface area (Å²) < 4.78 is 5.27. The van der Waals surface area contributed by atoms with Crippen LogP contribution in [0, 0.1) is 13.8 Å². The molecule has 2 heterocycles. The second kappa shape index (κ2) is 11.5. The maximum Gasteiger partial charge on any atom is 0.276 e. The lowest BCUT2D eigenvalue weighted by Gasteiger charge is -2.11. The van der Waals surface area contributed by atoms with Crippen LogP contribution in [0.4, 0.5) is 0 Å². The first-order chi connectivity index (χ1) is 13.6. The molecule has 0 atom stereocenters. The molecule has 29 heavy (non-hydrogen) atoms. The van der Waals surface area contributed by atoms with Gasteiger partial charge in [-0.05, 0) is 38.0 Å². The minimum absolute atomic E-state index is 0. The molecule has 0 aliphatic carbocycles. The molecule has 0 saturated carbocycles. The average Bonchev–Trinajstić information content (AvgIpc) is 3.16. The second-order valence-electron chi connectivity index (χ2n) is 6.65. The van der Waals surface area contributed by atoms with E-state index in [1.807, 2.05) is 18.2 Å². The van der Waals surface area contributed by atoms with Crippen molar-refractivity contribution < 1.29 is 4.52 Å². The quantitative estimate of drug-likeness (QED) is 0.291. The Morgan fingerprint density at radius 3 is 2.41 bits per heavy atom. The number of halogens is 1. The maximum absolute atomic E-state index is 5.27. The van der Waals surface area contributed by atoms with E-state index in [-0.39, 0.29) is 24.0 Å². The summed E-state index contributed by atoms with van der Waals surface area (Å²) in [6.07, 6.45) is 3.28. The second-order valence-corrected chi connectivity index (χ2v) is 6.65. The van der Waals surface area contributed by atoms with Crippen molar-refractivity contribution in [1.29, 1.82) is 0 Å². The van der Waals surface area contributed by atoms with Gasteiger partial charge in [0.2, 0.25) is 0 Å². The Morgan fingerprint density at radius 1 is 1.03 bits per heavy atom. The van der Waals surface area contributed by atoms with Crippen LogP contribution >= 0.6 is 24.0 Å². The van der Waals surface area contributed by atoms with Crippen LogP contribution in [-0.4, -0.2) is 41.2 Å². The van der Waals surface area contributed by atoms with Gasteiger partial charge in [0.1, 0.15) is 5.69 Å². The van der Waals surface area contributed by atoms with Gasteiger partial charge in [-0.1, -0.05) is 40.5 Å². The third kappa shape index (κ3) is 7.12. The fourth-order valence-electron chi connectivity index (χ4n) is 3.00. The van der Waals surface area contributed by atoms with E-state index in [9.17, 15) is 0 Å². The molecule has 7 nitrogen and oxygen atoms in total. The van der Waals surface area contributed by atoms with Crippen LogP contribution in [0.2, 0.25) is 0 Å². The summed E-state index contributed by atoms with van der Waals surface area (Å²) in [4.78, 5) is 12.9. The minimum atomic E-state index is 0. The lowest BCUT2D eigenvalue weighted by atomic mass is 10.1. The molecule has 1 aromatic carbocycles. The summed E-state index contributed by atoms with van der Waals surface area (Å²) in [7, 11) is 1.76. The molecule has 2 aromatic heterocycles. The predicted octanol–water partition coefficient (Wildman–Crippen LogP) is 3.32. The van der Waals surface area contributed by atoms with Gasteiger partial charge in [0, 0.05) is 32.8 Å². The molecule has 154 valence electrons. The number of benzene rings is 1. The zero-order chi connectivity index (χ0) is 19.8. The van der Waals surface area contributed by atoms with E-state index in [0.717, 1.165) is 18.9 Å². The van der Waals surface area contributed by atoms with E-state index in [2.05, 4.69) is 62.8 Å². The lowest BCUT2D eigenvalue weighted by Crippen LogP contribution is -2.39. The summed E-state index contributed by atoms with van der Waals surface area (Å²) in [5, 5.41) is 10.6. The molecule has 8 heteroatoms. The van der Waals surface area contributed by atoms with Gasteiger partial charge in [-0.2, -0.15) is 4.98 Å². The highest BCUT2D eigenvalue weighted by molar-refractivity contribution is 14.0. The minimum Gasteiger partial charge on any atom is -0.356 e. The molecule has 3 rings (SSSR count). The topological polar surface area (TPSA) is 88.2 Å². The van der Waals surface area contributed by atoms with Gasteiger partial charge in [0.05, 0.1) is 0 Å². The highest BCUT2D eigenvalue weighted by Gasteiger charge is 2.09. The van der Waals surface area contributed by atoms with Gasteiger partial charge in [-0.25, -0.2) is 0 Å². The van der Waals surface area contributed by atoms with Crippen LogP contribution in [0.15, 0.2) is 52.1 Å². The van der Waals surface area contributed by atoms with Gasteiger partial charge >= 0.3 is 0 Å². The van der Waals surface area contributed by atoms with Crippen LogP contribution in [-0.2, 0) is 12.8 Å². The molecule has 0 bridgehead atoms. The standard InChI is InChI=1S/C21H26N6O.HI/c1-15-12-16(2)14-17(13-15)7-10-24-21(22-3)25-11-8-19-26-20(28-27-19)18-6-4-5-9-23-18;/h4-6,9,12-14H,7-8,10-11H2,1-3H3,(H2,22,24,25);1H. The van der Waals surface area contributed by atoms with E-state index in [4.69, 9.17) is 4.52 Å². The van der Waals surface area contributed by atoms with Crippen molar-refractivity contribution >= 4 is 29.9 Å². The van der Waals surface area contributed by atoms with E-state index < -0.39 is 0 Å². The lowest BCUT2D eigenvalue weighted by molar-refractivity contribution is 0.421. The normalized spacial score (nSPS) is 11.1. The smallest absolute Gasteiger partial charge is 0.276 e. The molecule has 0 amide bonds. The Kier molecular flexibility index (Phi) is 9.04. The van der Waals surface area contributed by atoms with E-state index in [0.29, 0.717) is 30.4 Å². The molecule has 2 N–H and O–H groups in total. The number of pyridine rings is 1. The van der Waals surface area contributed by atoms with Gasteiger partial charge < -0.3 is 15.2 Å². The zero-order valence-electron chi connectivity index (χ0n) is 17.0. The number of aliphatic imine (C=N–C) groups is 1. The first-order valence-electron chi connectivity index (χ1n) is 9.40. The molecular formula is C21H27IN6O. The van der Waals surface area contributed by atoms with E-state index >= 15 is 0 Å². The Labute approximate surface area is 188 Å². The van der Waals surface area contributed by atoms with Crippen LogP contribution < -0.4 is 10.6 Å². The summed E-state index contributed by atoms with van der Waals surface area (Å²) in [6.45, 7) is 5.72.